The number of ether oxygens (including phenoxy) is 1. The number of nitrogens with two attached hydrogens (primary N) is 1. The second kappa shape index (κ2) is 6.94. The Labute approximate surface area is 127 Å². The highest BCUT2D eigenvalue weighted by Crippen LogP contribution is 2.24. The molecule has 0 bridgehead atoms. The summed E-state index contributed by atoms with van der Waals surface area (Å²) in [7, 11) is 0. The number of likely N-dealkylation sites (tertiary alicyclic amines) is 1. The van der Waals surface area contributed by atoms with Crippen molar-refractivity contribution in [1.82, 2.24) is 4.90 Å². The van der Waals surface area contributed by atoms with Crippen molar-refractivity contribution in [2.45, 2.75) is 45.8 Å². The molecule has 2 rings (SSSR count). The number of carbonyl (C=O) groups excluding carboxylic acids is 1. The van der Waals surface area contributed by atoms with Gasteiger partial charge < -0.3 is 15.4 Å². The monoisotopic (exact) mass is 290 g/mol. The minimum Gasteiger partial charge on any atom is -0.491 e. The van der Waals surface area contributed by atoms with Crippen LogP contribution in [-0.2, 0) is 4.79 Å². The molecule has 0 radical (unpaired) electrons. The van der Waals surface area contributed by atoms with Crippen molar-refractivity contribution < 1.29 is 9.53 Å². The SMILES string of the molecule is CCC1CC(=O)N(CC(N)c2ccc(OC(C)C)cc2)C1. The van der Waals surface area contributed by atoms with Crippen LogP contribution in [0.15, 0.2) is 24.3 Å². The van der Waals surface area contributed by atoms with Crippen molar-refractivity contribution >= 4 is 5.91 Å². The molecule has 4 heteroatoms. The number of rotatable bonds is 6. The van der Waals surface area contributed by atoms with Crippen molar-refractivity contribution in [2.75, 3.05) is 13.1 Å². The van der Waals surface area contributed by atoms with Gasteiger partial charge in [0, 0.05) is 25.6 Å². The lowest BCUT2D eigenvalue weighted by molar-refractivity contribution is -0.127. The van der Waals surface area contributed by atoms with Gasteiger partial charge in [-0.05, 0) is 37.5 Å². The van der Waals surface area contributed by atoms with Gasteiger partial charge in [-0.2, -0.15) is 0 Å². The zero-order valence-electron chi connectivity index (χ0n) is 13.2. The molecule has 1 fully saturated rings. The lowest BCUT2D eigenvalue weighted by Gasteiger charge is -2.22. The average molecular weight is 290 g/mol. The van der Waals surface area contributed by atoms with Gasteiger partial charge in [0.15, 0.2) is 0 Å². The Morgan fingerprint density at radius 1 is 1.33 bits per heavy atom. The lowest BCUT2D eigenvalue weighted by atomic mass is 10.1. The number of hydrogen-bond acceptors (Lipinski definition) is 3. The molecule has 4 nitrogen and oxygen atoms in total. The topological polar surface area (TPSA) is 55.6 Å². The van der Waals surface area contributed by atoms with Crippen molar-refractivity contribution in [3.8, 4) is 5.75 Å². The van der Waals surface area contributed by atoms with Gasteiger partial charge in [0.05, 0.1) is 6.10 Å². The molecule has 1 saturated heterocycles. The van der Waals surface area contributed by atoms with Crippen LogP contribution in [0.1, 0.15) is 45.2 Å². The molecule has 1 heterocycles. The minimum absolute atomic E-state index is 0.141. The normalized spacial score (nSPS) is 20.1. The molecule has 2 unspecified atom stereocenters. The van der Waals surface area contributed by atoms with E-state index in [1.54, 1.807) is 0 Å². The molecule has 0 aromatic heterocycles. The van der Waals surface area contributed by atoms with E-state index < -0.39 is 0 Å². The number of amides is 1. The van der Waals surface area contributed by atoms with Crippen LogP contribution in [0.2, 0.25) is 0 Å². The summed E-state index contributed by atoms with van der Waals surface area (Å²) in [5, 5.41) is 0. The van der Waals surface area contributed by atoms with Gasteiger partial charge in [-0.15, -0.1) is 0 Å². The van der Waals surface area contributed by atoms with Crippen LogP contribution in [0.25, 0.3) is 0 Å². The molecule has 1 amide bonds. The standard InChI is InChI=1S/C17H26N2O2/c1-4-13-9-17(20)19(10-13)11-16(18)14-5-7-15(8-6-14)21-12(2)3/h5-8,12-13,16H,4,9-11,18H2,1-3H3. The first kappa shape index (κ1) is 15.8. The molecule has 1 aromatic rings. The fraction of sp³-hybridized carbons (Fsp3) is 0.588. The van der Waals surface area contributed by atoms with Gasteiger partial charge in [-0.25, -0.2) is 0 Å². The largest absolute Gasteiger partial charge is 0.491 e. The summed E-state index contributed by atoms with van der Waals surface area (Å²) in [5.41, 5.74) is 7.28. The van der Waals surface area contributed by atoms with E-state index in [0.717, 1.165) is 24.3 Å². The van der Waals surface area contributed by atoms with E-state index in [1.165, 1.54) is 0 Å². The molecule has 2 N–H and O–H groups in total. The average Bonchev–Trinajstić information content (AvgIpc) is 2.79. The third kappa shape index (κ3) is 4.21. The van der Waals surface area contributed by atoms with E-state index >= 15 is 0 Å². The van der Waals surface area contributed by atoms with E-state index in [0.29, 0.717) is 18.9 Å². The van der Waals surface area contributed by atoms with Gasteiger partial charge in [0.1, 0.15) is 5.75 Å². The number of benzene rings is 1. The van der Waals surface area contributed by atoms with Gasteiger partial charge in [-0.3, -0.25) is 4.79 Å². The van der Waals surface area contributed by atoms with E-state index in [2.05, 4.69) is 6.92 Å². The first-order chi connectivity index (χ1) is 9.99. The summed E-state index contributed by atoms with van der Waals surface area (Å²) in [6, 6.07) is 7.71. The lowest BCUT2D eigenvalue weighted by Crippen LogP contribution is -2.33. The summed E-state index contributed by atoms with van der Waals surface area (Å²) >= 11 is 0. The highest BCUT2D eigenvalue weighted by atomic mass is 16.5. The van der Waals surface area contributed by atoms with Crippen molar-refractivity contribution in [1.29, 1.82) is 0 Å². The third-order valence-corrected chi connectivity index (χ3v) is 3.97. The molecule has 0 spiro atoms. The maximum Gasteiger partial charge on any atom is 0.222 e. The van der Waals surface area contributed by atoms with Crippen LogP contribution in [-0.4, -0.2) is 30.0 Å². The smallest absolute Gasteiger partial charge is 0.222 e. The Kier molecular flexibility index (Phi) is 5.23. The second-order valence-electron chi connectivity index (χ2n) is 6.12. The fourth-order valence-corrected chi connectivity index (χ4v) is 2.71. The molecule has 1 aliphatic rings. The summed E-state index contributed by atoms with van der Waals surface area (Å²) in [4.78, 5) is 13.8. The Morgan fingerprint density at radius 3 is 2.52 bits per heavy atom. The molecule has 0 aliphatic carbocycles. The van der Waals surface area contributed by atoms with Crippen LogP contribution >= 0.6 is 0 Å². The van der Waals surface area contributed by atoms with Crippen LogP contribution < -0.4 is 10.5 Å². The molecule has 21 heavy (non-hydrogen) atoms. The highest BCUT2D eigenvalue weighted by molar-refractivity contribution is 5.78. The number of hydrogen-bond donors (Lipinski definition) is 1. The molecule has 2 atom stereocenters. The summed E-state index contributed by atoms with van der Waals surface area (Å²) < 4.78 is 5.62. The first-order valence-electron chi connectivity index (χ1n) is 7.79. The van der Waals surface area contributed by atoms with Crippen LogP contribution in [0.3, 0.4) is 0 Å². The quantitative estimate of drug-likeness (QED) is 0.876. The van der Waals surface area contributed by atoms with Gasteiger partial charge in [0.2, 0.25) is 5.91 Å². The second-order valence-corrected chi connectivity index (χ2v) is 6.12. The van der Waals surface area contributed by atoms with Gasteiger partial charge in [0.25, 0.3) is 0 Å². The van der Waals surface area contributed by atoms with Crippen molar-refractivity contribution in [2.24, 2.45) is 11.7 Å². The fourth-order valence-electron chi connectivity index (χ4n) is 2.71. The van der Waals surface area contributed by atoms with E-state index in [-0.39, 0.29) is 18.1 Å². The predicted octanol–water partition coefficient (Wildman–Crippen LogP) is 2.73. The minimum atomic E-state index is -0.141. The van der Waals surface area contributed by atoms with Gasteiger partial charge in [-0.1, -0.05) is 25.5 Å². The summed E-state index contributed by atoms with van der Waals surface area (Å²) in [6.07, 6.45) is 1.89. The molecule has 116 valence electrons. The first-order valence-corrected chi connectivity index (χ1v) is 7.79. The predicted molar refractivity (Wildman–Crippen MR) is 84.1 cm³/mol. The zero-order chi connectivity index (χ0) is 15.4. The van der Waals surface area contributed by atoms with Crippen molar-refractivity contribution in [3.05, 3.63) is 29.8 Å². The molecular weight excluding hydrogens is 264 g/mol. The highest BCUT2D eigenvalue weighted by Gasteiger charge is 2.29. The van der Waals surface area contributed by atoms with Crippen LogP contribution in [0.4, 0.5) is 0 Å². The molecular formula is C17H26N2O2. The molecule has 0 saturated carbocycles. The summed E-state index contributed by atoms with van der Waals surface area (Å²) in [5.74, 6) is 1.58. The van der Waals surface area contributed by atoms with Crippen LogP contribution in [0.5, 0.6) is 5.75 Å². The van der Waals surface area contributed by atoms with Gasteiger partial charge >= 0.3 is 0 Å². The Morgan fingerprint density at radius 2 is 2.00 bits per heavy atom. The Bertz CT molecular complexity index is 470. The number of nitrogens with zero attached hydrogens (tertiary/aromatic N) is 1. The van der Waals surface area contributed by atoms with E-state index in [9.17, 15) is 4.79 Å². The summed E-state index contributed by atoms with van der Waals surface area (Å²) in [6.45, 7) is 7.58. The third-order valence-electron chi connectivity index (χ3n) is 3.97. The van der Waals surface area contributed by atoms with E-state index in [1.807, 2.05) is 43.0 Å². The Balaban J connectivity index is 1.94. The molecule has 1 aromatic carbocycles. The zero-order valence-corrected chi connectivity index (χ0v) is 13.2. The maximum absolute atomic E-state index is 11.9. The Hall–Kier alpha value is -1.55. The van der Waals surface area contributed by atoms with E-state index in [4.69, 9.17) is 10.5 Å². The van der Waals surface area contributed by atoms with Crippen LogP contribution in [0, 0.1) is 5.92 Å². The molecule has 1 aliphatic heterocycles. The maximum atomic E-state index is 11.9. The number of carbonyl (C=O) groups is 1. The van der Waals surface area contributed by atoms with Crippen molar-refractivity contribution in [3.63, 3.8) is 0 Å².